The summed E-state index contributed by atoms with van der Waals surface area (Å²) < 4.78 is 1.95. The molecule has 0 bridgehead atoms. The smallest absolute Gasteiger partial charge is 0.325 e. The van der Waals surface area contributed by atoms with Gasteiger partial charge in [-0.3, -0.25) is 34.7 Å². The van der Waals surface area contributed by atoms with Gasteiger partial charge in [0.2, 0.25) is 23.6 Å². The number of piperidine rings is 1. The molecule has 2 aliphatic heterocycles. The number of carbonyl (C=O) groups is 6. The third-order valence-electron chi connectivity index (χ3n) is 10.2. The molecule has 56 heavy (non-hydrogen) atoms. The molecule has 1 fully saturated rings. The molecule has 0 radical (unpaired) electrons. The highest BCUT2D eigenvalue weighted by Gasteiger charge is 2.40. The van der Waals surface area contributed by atoms with Crippen LogP contribution in [0.2, 0.25) is 0 Å². The Labute approximate surface area is 322 Å². The Hall–Kier alpha value is -6.71. The van der Waals surface area contributed by atoms with Crippen LogP contribution >= 0.6 is 0 Å². The highest BCUT2D eigenvalue weighted by atomic mass is 16.3. The third kappa shape index (κ3) is 7.90. The van der Waals surface area contributed by atoms with Crippen molar-refractivity contribution in [1.29, 1.82) is 5.41 Å². The second-order valence-corrected chi connectivity index (χ2v) is 14.3. The maximum Gasteiger partial charge on any atom is 0.325 e. The van der Waals surface area contributed by atoms with E-state index in [4.69, 9.17) is 11.1 Å². The van der Waals surface area contributed by atoms with Crippen molar-refractivity contribution in [2.75, 3.05) is 23.8 Å². The summed E-state index contributed by atoms with van der Waals surface area (Å²) in [5.41, 5.74) is 8.81. The first-order chi connectivity index (χ1) is 26.6. The second kappa shape index (κ2) is 15.9. The van der Waals surface area contributed by atoms with Crippen LogP contribution in [0.15, 0.2) is 60.8 Å². The Morgan fingerprint density at radius 3 is 2.52 bits per heavy atom. The van der Waals surface area contributed by atoms with E-state index in [0.29, 0.717) is 47.6 Å². The van der Waals surface area contributed by atoms with Gasteiger partial charge in [0, 0.05) is 85.9 Å². The van der Waals surface area contributed by atoms with Crippen molar-refractivity contribution >= 4 is 63.7 Å². The van der Waals surface area contributed by atoms with Crippen LogP contribution in [0.1, 0.15) is 78.9 Å². The van der Waals surface area contributed by atoms with Crippen LogP contribution in [0.25, 0.3) is 10.9 Å². The van der Waals surface area contributed by atoms with Gasteiger partial charge in [0.05, 0.1) is 11.3 Å². The van der Waals surface area contributed by atoms with E-state index < -0.39 is 18.0 Å². The zero-order valence-electron chi connectivity index (χ0n) is 31.3. The average Bonchev–Trinajstić information content (AvgIpc) is 3.70. The van der Waals surface area contributed by atoms with E-state index in [-0.39, 0.29) is 84.7 Å². The fourth-order valence-corrected chi connectivity index (χ4v) is 7.14. The monoisotopic (exact) mass is 764 g/mol. The normalized spacial score (nSPS) is 15.2. The average molecular weight is 765 g/mol. The van der Waals surface area contributed by atoms with Gasteiger partial charge in [-0.05, 0) is 66.8 Å². The fourth-order valence-electron chi connectivity index (χ4n) is 7.14. The number of amidine groups is 1. The lowest BCUT2D eigenvalue weighted by Crippen LogP contribution is -2.52. The molecule has 4 aromatic rings. The molecule has 2 aliphatic rings. The number of imide groups is 1. The maximum absolute atomic E-state index is 13.1. The summed E-state index contributed by atoms with van der Waals surface area (Å²) in [5, 5.41) is 35.4. The van der Waals surface area contributed by atoms with Crippen molar-refractivity contribution in [3.05, 3.63) is 83.0 Å². The number of aromatic hydroxyl groups is 2. The Morgan fingerprint density at radius 2 is 1.80 bits per heavy atom. The number of phenols is 2. The van der Waals surface area contributed by atoms with Crippen molar-refractivity contribution in [2.24, 2.45) is 5.73 Å². The predicted octanol–water partition coefficient (Wildman–Crippen LogP) is 4.11. The molecule has 3 heterocycles. The van der Waals surface area contributed by atoms with Gasteiger partial charge in [0.25, 0.3) is 5.91 Å². The number of rotatable bonds is 12. The Morgan fingerprint density at radius 1 is 1.04 bits per heavy atom. The van der Waals surface area contributed by atoms with Crippen molar-refractivity contribution in [1.82, 2.24) is 19.7 Å². The lowest BCUT2D eigenvalue weighted by Gasteiger charge is -2.29. The highest BCUT2D eigenvalue weighted by Crippen LogP contribution is 2.35. The van der Waals surface area contributed by atoms with Gasteiger partial charge >= 0.3 is 6.03 Å². The second-order valence-electron chi connectivity index (χ2n) is 14.3. The first-order valence-electron chi connectivity index (χ1n) is 18.3. The number of aromatic nitrogens is 1. The molecule has 1 atom stereocenters. The maximum atomic E-state index is 13.1. The first-order valence-corrected chi connectivity index (χ1v) is 18.3. The number of nitrogens with two attached hydrogens (primary N) is 1. The van der Waals surface area contributed by atoms with Gasteiger partial charge in [-0.1, -0.05) is 19.9 Å². The van der Waals surface area contributed by atoms with Gasteiger partial charge in [-0.25, -0.2) is 9.69 Å². The number of anilines is 2. The van der Waals surface area contributed by atoms with Gasteiger partial charge < -0.3 is 35.6 Å². The standard InChI is InChI=1S/C40H44N8O8/c1-22(2)26-19-27(33(50)20-32(26)49)37(41)48(40(42)56)24-10-11-30-23(18-24)14-15-46(30)17-16-45(3)36(53)9-5-8-34(51)43-29-7-4-6-25-28(29)21-47(39(25)55)31-12-13-35(52)44-38(31)54/h4,6-7,10-11,14-15,18-20,22,31,41,49-50H,5,8-9,12-13,16-17,21H2,1-3H3,(H2,42,56)(H,43,51)(H,44,52,54). The fraction of sp³-hybridized carbons (Fsp3) is 0.325. The molecule has 0 spiro atoms. The van der Waals surface area contributed by atoms with Crippen LogP contribution in [-0.4, -0.2) is 85.6 Å². The lowest BCUT2D eigenvalue weighted by atomic mass is 9.98. The molecule has 3 aromatic carbocycles. The van der Waals surface area contributed by atoms with Crippen LogP contribution in [0, 0.1) is 5.41 Å². The molecule has 1 aromatic heterocycles. The number of likely N-dealkylation sites (N-methyl/N-ethyl adjacent to an activating group) is 1. The molecule has 16 heteroatoms. The molecule has 7 N–H and O–H groups in total. The van der Waals surface area contributed by atoms with Gasteiger partial charge in [-0.15, -0.1) is 0 Å². The van der Waals surface area contributed by atoms with E-state index in [2.05, 4.69) is 10.6 Å². The topological polar surface area (TPSA) is 231 Å². The van der Waals surface area contributed by atoms with Crippen LogP contribution < -0.4 is 21.3 Å². The molecule has 0 aliphatic carbocycles. The van der Waals surface area contributed by atoms with E-state index in [9.17, 15) is 39.0 Å². The molecule has 7 amide bonds. The number of urea groups is 1. The summed E-state index contributed by atoms with van der Waals surface area (Å²) in [6.45, 7) is 4.66. The summed E-state index contributed by atoms with van der Waals surface area (Å²) >= 11 is 0. The number of nitrogens with zero attached hydrogens (tertiary/aromatic N) is 4. The molecule has 1 unspecified atom stereocenters. The Bertz CT molecular complexity index is 2280. The van der Waals surface area contributed by atoms with Crippen molar-refractivity contribution in [2.45, 2.75) is 71.0 Å². The Kier molecular flexibility index (Phi) is 11.1. The van der Waals surface area contributed by atoms with E-state index in [0.717, 1.165) is 21.9 Å². The number of primary amides is 1. The van der Waals surface area contributed by atoms with Crippen molar-refractivity contribution < 1.29 is 39.0 Å². The molecule has 6 rings (SSSR count). The highest BCUT2D eigenvalue weighted by molar-refractivity contribution is 6.23. The minimum atomic E-state index is -0.927. The number of benzene rings is 3. The number of amides is 7. The molecular weight excluding hydrogens is 720 g/mol. The third-order valence-corrected chi connectivity index (χ3v) is 10.2. The number of hydrogen-bond acceptors (Lipinski definition) is 9. The Balaban J connectivity index is 1.01. The number of hydrogen-bond donors (Lipinski definition) is 6. The van der Waals surface area contributed by atoms with Crippen molar-refractivity contribution in [3.63, 3.8) is 0 Å². The minimum Gasteiger partial charge on any atom is -0.508 e. The lowest BCUT2D eigenvalue weighted by molar-refractivity contribution is -0.137. The number of nitrogens with one attached hydrogen (secondary N) is 3. The van der Waals surface area contributed by atoms with Crippen LogP contribution in [0.3, 0.4) is 0 Å². The van der Waals surface area contributed by atoms with E-state index in [1.807, 2.05) is 30.7 Å². The summed E-state index contributed by atoms with van der Waals surface area (Å²) in [4.78, 5) is 79.6. The zero-order chi connectivity index (χ0) is 40.4. The summed E-state index contributed by atoms with van der Waals surface area (Å²) in [6, 6.07) is 12.8. The van der Waals surface area contributed by atoms with Crippen molar-refractivity contribution in [3.8, 4) is 11.5 Å². The number of carbonyl (C=O) groups excluding carboxylic acids is 6. The minimum absolute atomic E-state index is 0.0356. The molecule has 0 saturated carbocycles. The zero-order valence-corrected chi connectivity index (χ0v) is 31.3. The van der Waals surface area contributed by atoms with Gasteiger partial charge in [-0.2, -0.15) is 0 Å². The number of phenolic OH excluding ortho intramolecular Hbond substituents is 2. The van der Waals surface area contributed by atoms with Gasteiger partial charge in [0.15, 0.2) is 0 Å². The van der Waals surface area contributed by atoms with Crippen LogP contribution in [-0.2, 0) is 32.3 Å². The van der Waals surface area contributed by atoms with Crippen LogP contribution in [0.5, 0.6) is 11.5 Å². The summed E-state index contributed by atoms with van der Waals surface area (Å²) in [6.07, 6.45) is 2.73. The number of fused-ring (bicyclic) bond motifs is 2. The predicted molar refractivity (Wildman–Crippen MR) is 207 cm³/mol. The largest absolute Gasteiger partial charge is 0.508 e. The first kappa shape index (κ1) is 39.0. The van der Waals surface area contributed by atoms with E-state index in [1.54, 1.807) is 48.3 Å². The van der Waals surface area contributed by atoms with E-state index >= 15 is 0 Å². The summed E-state index contributed by atoms with van der Waals surface area (Å²) in [5.74, 6) is -2.63. The van der Waals surface area contributed by atoms with E-state index in [1.165, 1.54) is 11.0 Å². The molecule has 292 valence electrons. The van der Waals surface area contributed by atoms with Gasteiger partial charge in [0.1, 0.15) is 23.4 Å². The molecule has 1 saturated heterocycles. The SMILES string of the molecule is CC(C)c1cc(C(=N)N(C(N)=O)c2ccc3c(ccn3CCN(C)C(=O)CCCC(=O)Nc3cccc4c3CN(C3CCC(=O)NC3=O)C4=O)c2)c(O)cc1O. The quantitative estimate of drug-likeness (QED) is 0.0697. The molecular formula is C40H44N8O8. The summed E-state index contributed by atoms with van der Waals surface area (Å²) in [7, 11) is 1.69. The molecule has 16 nitrogen and oxygen atoms in total. The van der Waals surface area contributed by atoms with Crippen LogP contribution in [0.4, 0.5) is 16.2 Å².